The Kier molecular flexibility index (Phi) is 22.3. The van der Waals surface area contributed by atoms with E-state index in [1.54, 1.807) is 7.11 Å². The predicted molar refractivity (Wildman–Crippen MR) is 347 cm³/mol. The molecule has 0 spiro atoms. The highest BCUT2D eigenvalue weighted by atomic mass is 16.6. The maximum Gasteiger partial charge on any atom is 0.251 e. The molecule has 456 valence electrons. The first kappa shape index (κ1) is 62.9. The molecular weight excluding hydrogens is 1100 g/mol. The molecule has 10 rings (SSSR count). The van der Waals surface area contributed by atoms with E-state index < -0.39 is 18.1 Å². The van der Waals surface area contributed by atoms with Crippen LogP contribution in [0.4, 0.5) is 0 Å². The van der Waals surface area contributed by atoms with Gasteiger partial charge in [0.1, 0.15) is 11.8 Å². The van der Waals surface area contributed by atoms with E-state index in [0.29, 0.717) is 76.1 Å². The maximum absolute atomic E-state index is 14.2. The Bertz CT molecular complexity index is 3540. The van der Waals surface area contributed by atoms with Crippen LogP contribution in [0.5, 0.6) is 5.75 Å². The van der Waals surface area contributed by atoms with Crippen LogP contribution in [-0.4, -0.2) is 129 Å². The molecule has 2 heterocycles. The second-order valence-electron chi connectivity index (χ2n) is 22.3. The first-order valence-electron chi connectivity index (χ1n) is 30.1. The normalized spacial score (nSPS) is 17.3. The number of carbonyl (C=O) groups excluding carboxylic acids is 4. The van der Waals surface area contributed by atoms with Crippen molar-refractivity contribution in [1.29, 1.82) is 10.8 Å². The highest BCUT2D eigenvalue weighted by Crippen LogP contribution is 2.30. The van der Waals surface area contributed by atoms with Crippen LogP contribution >= 0.6 is 0 Å². The number of ether oxygens (including phenoxy) is 1. The molecule has 0 saturated carbocycles. The van der Waals surface area contributed by atoms with E-state index in [1.165, 1.54) is 0 Å². The molecule has 18 nitrogen and oxygen atoms in total. The zero-order valence-electron chi connectivity index (χ0n) is 49.9. The molecule has 0 bridgehead atoms. The van der Waals surface area contributed by atoms with Crippen molar-refractivity contribution in [2.24, 2.45) is 11.5 Å². The summed E-state index contributed by atoms with van der Waals surface area (Å²) in [6.07, 6.45) is 2.26. The van der Waals surface area contributed by atoms with Crippen molar-refractivity contribution in [3.63, 3.8) is 0 Å². The van der Waals surface area contributed by atoms with Crippen molar-refractivity contribution in [1.82, 2.24) is 41.9 Å². The molecule has 4 amide bonds. The van der Waals surface area contributed by atoms with Crippen LogP contribution in [0.15, 0.2) is 200 Å². The van der Waals surface area contributed by atoms with Gasteiger partial charge in [-0.3, -0.25) is 40.2 Å². The van der Waals surface area contributed by atoms with Gasteiger partial charge in [0.2, 0.25) is 17.8 Å². The second kappa shape index (κ2) is 31.2. The smallest absolute Gasteiger partial charge is 0.251 e. The van der Waals surface area contributed by atoms with Crippen molar-refractivity contribution >= 4 is 57.1 Å². The standard InChI is InChI=1S/C36H42N6O3.C34H38N6O3/c1-3-32(41-36(37)38)33-35(44)42(23-31(24-10-6-4-7-11-24)25-12-8-5-9-13-25)19-18-29(40-33)22-39-34(43)28-15-14-27-21-30(45-2)17-16-26(27)20-28;35-34(36)39-43-20-18-31-33(42)40(23-30(25-10-3-1-4-11-25)26-12-5-2-6-13-26)19-17-29(38-31)22-37-32(41)28-16-15-24-9-7-8-14-27(24)21-28/h4-17,20-21,29,31-33,40H,3,18-19,22-23H2,1-2H3,(H,39,43)(H4,37,38,41);1-16,21,29-31,38H,17-20,22-23H2,(H,37,41)(H4,35,36,39)/t29-,32?,33-;29-,31-/m00/s1. The van der Waals surface area contributed by atoms with E-state index in [1.807, 2.05) is 168 Å². The fourth-order valence-corrected chi connectivity index (χ4v) is 11.7. The average molecular weight is 1190 g/mol. The summed E-state index contributed by atoms with van der Waals surface area (Å²) in [5.74, 6) is -0.131. The number of carbonyl (C=O) groups is 4. The van der Waals surface area contributed by atoms with Crippen LogP contribution in [-0.2, 0) is 14.4 Å². The highest BCUT2D eigenvalue weighted by molar-refractivity contribution is 5.99. The third-order valence-corrected chi connectivity index (χ3v) is 16.4. The molecule has 0 aliphatic carbocycles. The molecule has 5 atom stereocenters. The lowest BCUT2D eigenvalue weighted by molar-refractivity contribution is -0.134. The average Bonchev–Trinajstić information content (AvgIpc) is 3.95. The van der Waals surface area contributed by atoms with Gasteiger partial charge < -0.3 is 47.3 Å². The Morgan fingerprint density at radius 2 is 1.01 bits per heavy atom. The summed E-state index contributed by atoms with van der Waals surface area (Å²) in [7, 11) is 1.63. The Labute approximate surface area is 514 Å². The Balaban J connectivity index is 0.000000210. The van der Waals surface area contributed by atoms with Gasteiger partial charge in [0.15, 0.2) is 5.96 Å². The van der Waals surface area contributed by atoms with Gasteiger partial charge in [-0.1, -0.05) is 171 Å². The van der Waals surface area contributed by atoms with Gasteiger partial charge in [-0.25, -0.2) is 5.48 Å². The number of nitrogens with one attached hydrogen (secondary N) is 8. The monoisotopic (exact) mass is 1180 g/mol. The molecule has 0 aromatic heterocycles. The summed E-state index contributed by atoms with van der Waals surface area (Å²) >= 11 is 0. The fraction of sp³-hybridized carbons (Fsp3) is 0.286. The third kappa shape index (κ3) is 17.1. The summed E-state index contributed by atoms with van der Waals surface area (Å²) < 4.78 is 5.31. The number of fused-ring (bicyclic) bond motifs is 2. The SMILES string of the molecule is CCC(NC(=N)N)[C@@H]1N[C@H](CNC(=O)c2ccc3cc(OC)ccc3c2)CCN(CC(c2ccccc2)c2ccccc2)C1=O.N=C(N)NOCC[C@@H]1N[C@H](CNC(=O)c2ccc3ccccc3c2)CCN(CC(c2ccccc2)c2ccccc2)C1=O. The first-order valence-corrected chi connectivity index (χ1v) is 30.1. The van der Waals surface area contributed by atoms with Gasteiger partial charge in [0, 0.05) is 74.3 Å². The molecule has 2 fully saturated rings. The zero-order chi connectivity index (χ0) is 61.8. The number of benzene rings is 8. The molecule has 2 aliphatic heterocycles. The van der Waals surface area contributed by atoms with Crippen LogP contribution in [0.3, 0.4) is 0 Å². The zero-order valence-corrected chi connectivity index (χ0v) is 49.9. The van der Waals surface area contributed by atoms with E-state index >= 15 is 0 Å². The lowest BCUT2D eigenvalue weighted by Crippen LogP contribution is -2.60. The van der Waals surface area contributed by atoms with E-state index in [-0.39, 0.29) is 66.1 Å². The molecule has 12 N–H and O–H groups in total. The first-order chi connectivity index (χ1) is 42.8. The lowest BCUT2D eigenvalue weighted by atomic mass is 9.90. The van der Waals surface area contributed by atoms with Crippen molar-refractivity contribution in [2.45, 2.75) is 74.7 Å². The number of amides is 4. The van der Waals surface area contributed by atoms with Gasteiger partial charge in [0.25, 0.3) is 11.8 Å². The van der Waals surface area contributed by atoms with Gasteiger partial charge in [-0.15, -0.1) is 0 Å². The van der Waals surface area contributed by atoms with Gasteiger partial charge in [-0.2, -0.15) is 0 Å². The maximum atomic E-state index is 14.2. The number of hydrogen-bond acceptors (Lipinski definition) is 10. The van der Waals surface area contributed by atoms with E-state index in [2.05, 4.69) is 80.6 Å². The number of hydroxylamine groups is 1. The Morgan fingerprint density at radius 3 is 1.50 bits per heavy atom. The summed E-state index contributed by atoms with van der Waals surface area (Å²) in [5.41, 5.74) is 19.1. The van der Waals surface area contributed by atoms with Crippen LogP contribution in [0.1, 0.15) is 87.4 Å². The van der Waals surface area contributed by atoms with Crippen molar-refractivity contribution in [2.75, 3.05) is 53.0 Å². The van der Waals surface area contributed by atoms with E-state index in [4.69, 9.17) is 31.9 Å². The molecule has 0 radical (unpaired) electrons. The molecule has 1 unspecified atom stereocenters. The summed E-state index contributed by atoms with van der Waals surface area (Å²) in [6, 6.07) is 64.1. The molecule has 18 heteroatoms. The lowest BCUT2D eigenvalue weighted by Gasteiger charge is -2.33. The number of methoxy groups -OCH3 is 1. The predicted octanol–water partition coefficient (Wildman–Crippen LogP) is 8.00. The number of hydrogen-bond donors (Lipinski definition) is 10. The van der Waals surface area contributed by atoms with Crippen LogP contribution < -0.4 is 48.3 Å². The molecule has 88 heavy (non-hydrogen) atoms. The number of nitrogens with zero attached hydrogens (tertiary/aromatic N) is 2. The van der Waals surface area contributed by atoms with Crippen molar-refractivity contribution < 1.29 is 28.8 Å². The van der Waals surface area contributed by atoms with Gasteiger partial charge in [0.05, 0.1) is 25.8 Å². The Hall–Kier alpha value is -9.62. The van der Waals surface area contributed by atoms with Gasteiger partial charge in [-0.05, 0) is 106 Å². The van der Waals surface area contributed by atoms with E-state index in [0.717, 1.165) is 49.5 Å². The molecule has 2 saturated heterocycles. The minimum atomic E-state index is -0.633. The van der Waals surface area contributed by atoms with E-state index in [9.17, 15) is 19.2 Å². The number of nitrogens with two attached hydrogens (primary N) is 2. The summed E-state index contributed by atoms with van der Waals surface area (Å²) in [4.78, 5) is 63.6. The van der Waals surface area contributed by atoms with Crippen LogP contribution in [0.2, 0.25) is 0 Å². The van der Waals surface area contributed by atoms with Crippen LogP contribution in [0, 0.1) is 10.8 Å². The Morgan fingerprint density at radius 1 is 0.568 bits per heavy atom. The molecule has 8 aromatic carbocycles. The van der Waals surface area contributed by atoms with Crippen LogP contribution in [0.25, 0.3) is 21.5 Å². The molecule has 8 aromatic rings. The number of guanidine groups is 2. The topological polar surface area (TPSA) is 265 Å². The quantitative estimate of drug-likeness (QED) is 0.0134. The number of rotatable bonds is 22. The fourth-order valence-electron chi connectivity index (χ4n) is 11.7. The highest BCUT2D eigenvalue weighted by Gasteiger charge is 2.38. The minimum Gasteiger partial charge on any atom is -0.497 e. The largest absolute Gasteiger partial charge is 0.497 e. The summed E-state index contributed by atoms with van der Waals surface area (Å²) in [6.45, 7) is 4.94. The third-order valence-electron chi connectivity index (χ3n) is 16.4. The van der Waals surface area contributed by atoms with Crippen molar-refractivity contribution in [3.8, 4) is 5.75 Å². The second-order valence-corrected chi connectivity index (χ2v) is 22.3. The molecular formula is C70H80N12O6. The molecule has 2 aliphatic rings. The summed E-state index contributed by atoms with van der Waals surface area (Å²) in [5, 5.41) is 35.3. The van der Waals surface area contributed by atoms with Crippen molar-refractivity contribution in [3.05, 3.63) is 234 Å². The van der Waals surface area contributed by atoms with Gasteiger partial charge >= 0.3 is 0 Å². The minimum absolute atomic E-state index is 0.00628.